The second kappa shape index (κ2) is 7.94. The average molecular weight is 301 g/mol. The number of aliphatic hydroxyl groups excluding tert-OH is 2. The highest BCUT2D eigenvalue weighted by molar-refractivity contribution is 5.30. The first-order valence-corrected chi connectivity index (χ1v) is 7.32. The van der Waals surface area contributed by atoms with Crippen molar-refractivity contribution >= 4 is 0 Å². The Kier molecular flexibility index (Phi) is 5.95. The Morgan fingerprint density at radius 3 is 2.23 bits per heavy atom. The maximum absolute atomic E-state index is 10.2. The van der Waals surface area contributed by atoms with Crippen molar-refractivity contribution in [3.05, 3.63) is 65.7 Å². The van der Waals surface area contributed by atoms with Gasteiger partial charge in [-0.2, -0.15) is 0 Å². The molecule has 4 heteroatoms. The number of methoxy groups -OCH3 is 1. The van der Waals surface area contributed by atoms with Gasteiger partial charge in [-0.15, -0.1) is 0 Å². The molecule has 0 saturated carbocycles. The van der Waals surface area contributed by atoms with E-state index in [2.05, 4.69) is 0 Å². The van der Waals surface area contributed by atoms with Gasteiger partial charge in [-0.05, 0) is 30.3 Å². The number of hydrogen-bond acceptors (Lipinski definition) is 4. The summed E-state index contributed by atoms with van der Waals surface area (Å²) in [5.74, 6) is 0.770. The minimum atomic E-state index is -0.845. The quantitative estimate of drug-likeness (QED) is 0.823. The number of ether oxygens (including phenoxy) is 1. The summed E-state index contributed by atoms with van der Waals surface area (Å²) in [5, 5.41) is 19.6. The lowest BCUT2D eigenvalue weighted by Crippen LogP contribution is -2.35. The zero-order chi connectivity index (χ0) is 15.9. The molecule has 0 radical (unpaired) electrons. The Balaban J connectivity index is 2.21. The van der Waals surface area contributed by atoms with Crippen molar-refractivity contribution < 1.29 is 14.9 Å². The summed E-state index contributed by atoms with van der Waals surface area (Å²) < 4.78 is 5.17. The van der Waals surface area contributed by atoms with Crippen LogP contribution in [-0.4, -0.2) is 42.0 Å². The van der Waals surface area contributed by atoms with Crippen molar-refractivity contribution in [2.45, 2.75) is 18.7 Å². The molecule has 22 heavy (non-hydrogen) atoms. The fourth-order valence-electron chi connectivity index (χ4n) is 2.64. The lowest BCUT2D eigenvalue weighted by atomic mass is 9.99. The minimum Gasteiger partial charge on any atom is -0.497 e. The molecule has 2 aromatic carbocycles. The summed E-state index contributed by atoms with van der Waals surface area (Å²) in [6.07, 6.45) is -0.845. The predicted octanol–water partition coefficient (Wildman–Crippen LogP) is 2.22. The monoisotopic (exact) mass is 301 g/mol. The molecule has 0 aliphatic carbocycles. The van der Waals surface area contributed by atoms with Crippen LogP contribution < -0.4 is 4.74 Å². The molecule has 2 rings (SSSR count). The van der Waals surface area contributed by atoms with E-state index in [1.807, 2.05) is 66.5 Å². The molecular formula is C18H23NO3. The standard InChI is InChI=1S/C18H23NO3/c1-19(12-14-6-4-3-5-7-14)18(17(21)13-20)15-8-10-16(22-2)11-9-15/h3-11,17-18,20-21H,12-13H2,1-2H3. The highest BCUT2D eigenvalue weighted by Gasteiger charge is 2.25. The summed E-state index contributed by atoms with van der Waals surface area (Å²) in [6.45, 7) is 0.407. The number of benzene rings is 2. The van der Waals surface area contributed by atoms with Gasteiger partial charge in [0.1, 0.15) is 5.75 Å². The van der Waals surface area contributed by atoms with Crippen molar-refractivity contribution in [3.63, 3.8) is 0 Å². The Morgan fingerprint density at radius 2 is 1.68 bits per heavy atom. The van der Waals surface area contributed by atoms with Crippen LogP contribution >= 0.6 is 0 Å². The topological polar surface area (TPSA) is 52.9 Å². The van der Waals surface area contributed by atoms with E-state index in [0.29, 0.717) is 6.54 Å². The van der Waals surface area contributed by atoms with Gasteiger partial charge >= 0.3 is 0 Å². The smallest absolute Gasteiger partial charge is 0.118 e. The summed E-state index contributed by atoms with van der Waals surface area (Å²) >= 11 is 0. The molecule has 0 spiro atoms. The van der Waals surface area contributed by atoms with Crippen molar-refractivity contribution in [2.24, 2.45) is 0 Å². The van der Waals surface area contributed by atoms with E-state index < -0.39 is 6.10 Å². The van der Waals surface area contributed by atoms with E-state index in [4.69, 9.17) is 4.74 Å². The van der Waals surface area contributed by atoms with Gasteiger partial charge in [0, 0.05) is 6.54 Å². The number of aliphatic hydroxyl groups is 2. The molecule has 0 aromatic heterocycles. The van der Waals surface area contributed by atoms with E-state index in [1.165, 1.54) is 0 Å². The average Bonchev–Trinajstić information content (AvgIpc) is 2.56. The lowest BCUT2D eigenvalue weighted by Gasteiger charge is -2.31. The number of likely N-dealkylation sites (N-methyl/N-ethyl adjacent to an activating group) is 1. The van der Waals surface area contributed by atoms with Gasteiger partial charge in [0.2, 0.25) is 0 Å². The van der Waals surface area contributed by atoms with Gasteiger partial charge in [0.05, 0.1) is 25.9 Å². The van der Waals surface area contributed by atoms with Crippen molar-refractivity contribution in [2.75, 3.05) is 20.8 Å². The van der Waals surface area contributed by atoms with Crippen LogP contribution in [0.15, 0.2) is 54.6 Å². The molecule has 2 atom stereocenters. The zero-order valence-corrected chi connectivity index (χ0v) is 13.0. The van der Waals surface area contributed by atoms with E-state index in [9.17, 15) is 10.2 Å². The summed E-state index contributed by atoms with van der Waals surface area (Å²) in [6, 6.07) is 17.4. The molecule has 118 valence electrons. The van der Waals surface area contributed by atoms with E-state index in [-0.39, 0.29) is 12.6 Å². The molecule has 0 amide bonds. The first-order valence-electron chi connectivity index (χ1n) is 7.32. The molecule has 2 N–H and O–H groups in total. The summed E-state index contributed by atoms with van der Waals surface area (Å²) in [4.78, 5) is 2.04. The molecule has 4 nitrogen and oxygen atoms in total. The van der Waals surface area contributed by atoms with E-state index >= 15 is 0 Å². The molecular weight excluding hydrogens is 278 g/mol. The first-order chi connectivity index (χ1) is 10.7. The van der Waals surface area contributed by atoms with Crippen LogP contribution in [0.25, 0.3) is 0 Å². The third kappa shape index (κ3) is 4.07. The molecule has 0 bridgehead atoms. The maximum atomic E-state index is 10.2. The van der Waals surface area contributed by atoms with Gasteiger partial charge in [-0.3, -0.25) is 4.90 Å². The second-order valence-corrected chi connectivity index (χ2v) is 5.37. The molecule has 0 heterocycles. The Labute approximate surface area is 131 Å². The third-order valence-corrected chi connectivity index (χ3v) is 3.76. The van der Waals surface area contributed by atoms with Gasteiger partial charge in [0.15, 0.2) is 0 Å². The Bertz CT molecular complexity index is 556. The summed E-state index contributed by atoms with van der Waals surface area (Å²) in [7, 11) is 3.57. The Hall–Kier alpha value is -1.88. The third-order valence-electron chi connectivity index (χ3n) is 3.76. The predicted molar refractivity (Wildman–Crippen MR) is 86.7 cm³/mol. The first kappa shape index (κ1) is 16.5. The zero-order valence-electron chi connectivity index (χ0n) is 13.0. The van der Waals surface area contributed by atoms with Crippen LogP contribution in [-0.2, 0) is 6.54 Å². The van der Waals surface area contributed by atoms with Crippen LogP contribution in [0.3, 0.4) is 0 Å². The van der Waals surface area contributed by atoms with Crippen LogP contribution in [0, 0.1) is 0 Å². The number of nitrogens with zero attached hydrogens (tertiary/aromatic N) is 1. The normalized spacial score (nSPS) is 13.9. The molecule has 2 aromatic rings. The van der Waals surface area contributed by atoms with Gasteiger partial charge in [-0.1, -0.05) is 42.5 Å². The van der Waals surface area contributed by atoms with E-state index in [1.54, 1.807) is 7.11 Å². The van der Waals surface area contributed by atoms with Gasteiger partial charge in [-0.25, -0.2) is 0 Å². The fourth-order valence-corrected chi connectivity index (χ4v) is 2.64. The number of hydrogen-bond donors (Lipinski definition) is 2. The van der Waals surface area contributed by atoms with Crippen molar-refractivity contribution in [1.82, 2.24) is 4.90 Å². The van der Waals surface area contributed by atoms with E-state index in [0.717, 1.165) is 16.9 Å². The molecule has 0 aliphatic rings. The lowest BCUT2D eigenvalue weighted by molar-refractivity contribution is 0.0164. The SMILES string of the molecule is COc1ccc(C(C(O)CO)N(C)Cc2ccccc2)cc1. The molecule has 0 saturated heterocycles. The maximum Gasteiger partial charge on any atom is 0.118 e. The largest absolute Gasteiger partial charge is 0.497 e. The molecule has 2 unspecified atom stereocenters. The van der Waals surface area contributed by atoms with Gasteiger partial charge in [0.25, 0.3) is 0 Å². The Morgan fingerprint density at radius 1 is 1.05 bits per heavy atom. The van der Waals surface area contributed by atoms with Crippen LogP contribution in [0.2, 0.25) is 0 Å². The fraction of sp³-hybridized carbons (Fsp3) is 0.333. The molecule has 0 aliphatic heterocycles. The van der Waals surface area contributed by atoms with Crippen molar-refractivity contribution in [3.8, 4) is 5.75 Å². The minimum absolute atomic E-state index is 0.281. The van der Waals surface area contributed by atoms with Crippen LogP contribution in [0.5, 0.6) is 5.75 Å². The highest BCUT2D eigenvalue weighted by atomic mass is 16.5. The second-order valence-electron chi connectivity index (χ2n) is 5.37. The highest BCUT2D eigenvalue weighted by Crippen LogP contribution is 2.26. The van der Waals surface area contributed by atoms with Crippen LogP contribution in [0.4, 0.5) is 0 Å². The molecule has 0 fully saturated rings. The summed E-state index contributed by atoms with van der Waals surface area (Å²) in [5.41, 5.74) is 2.11. The number of rotatable bonds is 7. The van der Waals surface area contributed by atoms with Crippen molar-refractivity contribution in [1.29, 1.82) is 0 Å². The van der Waals surface area contributed by atoms with Gasteiger partial charge < -0.3 is 14.9 Å². The van der Waals surface area contributed by atoms with Crippen LogP contribution in [0.1, 0.15) is 17.2 Å².